The van der Waals surface area contributed by atoms with Gasteiger partial charge in [0, 0.05) is 24.6 Å². The first-order valence-electron chi connectivity index (χ1n) is 14.2. The van der Waals surface area contributed by atoms with Crippen LogP contribution in [0, 0.1) is 0 Å². The van der Waals surface area contributed by atoms with Crippen LogP contribution in [0.5, 0.6) is 17.2 Å². The Kier molecular flexibility index (Phi) is 10.8. The Hall–Kier alpha value is -4.03. The van der Waals surface area contributed by atoms with Crippen LogP contribution in [-0.4, -0.2) is 41.2 Å². The lowest BCUT2D eigenvalue weighted by molar-refractivity contribution is -0.114. The summed E-state index contributed by atoms with van der Waals surface area (Å²) in [6.45, 7) is 1.42. The van der Waals surface area contributed by atoms with Gasteiger partial charge in [0.25, 0.3) is 0 Å². The Labute approximate surface area is 236 Å². The van der Waals surface area contributed by atoms with Crippen molar-refractivity contribution < 1.29 is 19.7 Å². The Morgan fingerprint density at radius 1 is 0.950 bits per heavy atom. The second kappa shape index (κ2) is 14.9. The molecule has 0 unspecified atom stereocenters. The summed E-state index contributed by atoms with van der Waals surface area (Å²) in [4.78, 5) is 15.5. The minimum atomic E-state index is 0.0773. The van der Waals surface area contributed by atoms with Crippen molar-refractivity contribution in [1.29, 1.82) is 0 Å². The monoisotopic (exact) mass is 540 g/mol. The average molecular weight is 541 g/mol. The van der Waals surface area contributed by atoms with Crippen LogP contribution in [0.3, 0.4) is 0 Å². The number of aryl methyl sites for hydroxylation is 1. The van der Waals surface area contributed by atoms with Crippen LogP contribution in [0.1, 0.15) is 49.7 Å². The molecule has 0 bridgehead atoms. The van der Waals surface area contributed by atoms with Gasteiger partial charge < -0.3 is 25.3 Å². The molecule has 0 aliphatic rings. The number of H-pyrrole nitrogens is 1. The first kappa shape index (κ1) is 29.0. The molecule has 4 N–H and O–H groups in total. The fraction of sp³-hybridized carbons (Fsp3) is 0.324. The molecule has 0 saturated heterocycles. The number of carbonyl (C=O) groups excluding carboxylic acids is 1. The molecule has 0 aliphatic carbocycles. The van der Waals surface area contributed by atoms with Crippen LogP contribution in [-0.2, 0) is 17.6 Å². The number of phenols is 2. The van der Waals surface area contributed by atoms with Gasteiger partial charge in [-0.25, -0.2) is 0 Å². The number of aromatic hydroxyl groups is 2. The summed E-state index contributed by atoms with van der Waals surface area (Å²) in [5, 5.41) is 24.8. The highest BCUT2D eigenvalue weighted by Crippen LogP contribution is 2.31. The number of phenolic OH excluding ortho intramolecular Hbond substituents is 2. The first-order valence-corrected chi connectivity index (χ1v) is 14.2. The van der Waals surface area contributed by atoms with Gasteiger partial charge in [-0.2, -0.15) is 0 Å². The van der Waals surface area contributed by atoms with E-state index in [1.54, 1.807) is 24.3 Å². The Bertz CT molecular complexity index is 1420. The number of fused-ring (bicyclic) bond motifs is 1. The molecule has 210 valence electrons. The van der Waals surface area contributed by atoms with Crippen LogP contribution >= 0.6 is 0 Å². The van der Waals surface area contributed by atoms with Gasteiger partial charge in [-0.15, -0.1) is 0 Å². The minimum absolute atomic E-state index is 0.0773. The molecule has 0 amide bonds. The van der Waals surface area contributed by atoms with Gasteiger partial charge in [-0.3, -0.25) is 4.79 Å². The number of allylic oxidation sites excluding steroid dienone is 2. The highest BCUT2D eigenvalue weighted by atomic mass is 16.5. The van der Waals surface area contributed by atoms with Gasteiger partial charge in [-0.05, 0) is 115 Å². The van der Waals surface area contributed by atoms with E-state index in [9.17, 15) is 15.0 Å². The molecule has 0 aliphatic heterocycles. The lowest BCUT2D eigenvalue weighted by atomic mass is 9.96. The number of aromatic amines is 1. The molecule has 4 rings (SSSR count). The summed E-state index contributed by atoms with van der Waals surface area (Å²) < 4.78 is 5.97. The lowest BCUT2D eigenvalue weighted by Gasteiger charge is -2.13. The van der Waals surface area contributed by atoms with E-state index < -0.39 is 0 Å². The smallest absolute Gasteiger partial charge is 0.161 e. The van der Waals surface area contributed by atoms with E-state index in [0.29, 0.717) is 31.6 Å². The predicted molar refractivity (Wildman–Crippen MR) is 162 cm³/mol. The molecular weight excluding hydrogens is 500 g/mol. The van der Waals surface area contributed by atoms with E-state index in [1.165, 1.54) is 19.3 Å². The molecule has 1 aromatic heterocycles. The first-order chi connectivity index (χ1) is 19.5. The largest absolute Gasteiger partial charge is 0.508 e. The highest BCUT2D eigenvalue weighted by Gasteiger charge is 2.10. The molecule has 0 atom stereocenters. The Morgan fingerprint density at radius 3 is 2.70 bits per heavy atom. The SMILES string of the molecule is CNCCCCCCC=CC(=O)CCc1ccc(O)c(OCCc2ccc(O)cc2-c2ccc3[nH]ccc3c2)c1. The summed E-state index contributed by atoms with van der Waals surface area (Å²) in [7, 11) is 1.97. The van der Waals surface area contributed by atoms with Gasteiger partial charge in [0.05, 0.1) is 6.61 Å². The highest BCUT2D eigenvalue weighted by molar-refractivity contribution is 5.89. The number of ether oxygens (including phenoxy) is 1. The molecule has 6 nitrogen and oxygen atoms in total. The van der Waals surface area contributed by atoms with Crippen molar-refractivity contribution in [1.82, 2.24) is 10.3 Å². The predicted octanol–water partition coefficient (Wildman–Crippen LogP) is 7.10. The van der Waals surface area contributed by atoms with Gasteiger partial charge in [0.1, 0.15) is 5.75 Å². The third kappa shape index (κ3) is 8.48. The summed E-state index contributed by atoms with van der Waals surface area (Å²) in [6, 6.07) is 18.8. The normalized spacial score (nSPS) is 11.4. The van der Waals surface area contributed by atoms with Gasteiger partial charge >= 0.3 is 0 Å². The number of unbranched alkanes of at least 4 members (excludes halogenated alkanes) is 4. The van der Waals surface area contributed by atoms with Gasteiger partial charge in [0.2, 0.25) is 0 Å². The standard InChI is InChI=1S/C34H40N2O4/c1-35-19-7-5-3-2-4-6-8-29(37)13-9-25-10-16-33(39)34(22-25)40-21-18-26-11-14-30(38)24-31(26)27-12-15-32-28(23-27)17-20-36-32/h6,8,10-12,14-17,20,22-24,35-36,38-39H,2-5,7,9,13,18-19,21H2,1H3. The van der Waals surface area contributed by atoms with E-state index in [1.807, 2.05) is 55.7 Å². The maximum absolute atomic E-state index is 12.3. The van der Waals surface area contributed by atoms with Crippen molar-refractivity contribution in [3.63, 3.8) is 0 Å². The third-order valence-corrected chi connectivity index (χ3v) is 7.12. The fourth-order valence-corrected chi connectivity index (χ4v) is 4.86. The van der Waals surface area contributed by atoms with Crippen molar-refractivity contribution >= 4 is 16.7 Å². The van der Waals surface area contributed by atoms with Gasteiger partial charge in [-0.1, -0.05) is 37.1 Å². The van der Waals surface area contributed by atoms with Crippen LogP contribution in [0.4, 0.5) is 0 Å². The minimum Gasteiger partial charge on any atom is -0.508 e. The van der Waals surface area contributed by atoms with Crippen LogP contribution in [0.15, 0.2) is 79.0 Å². The molecule has 3 aromatic carbocycles. The molecule has 0 saturated carbocycles. The Morgan fingerprint density at radius 2 is 1.82 bits per heavy atom. The Balaban J connectivity index is 1.28. The zero-order valence-electron chi connectivity index (χ0n) is 23.3. The maximum Gasteiger partial charge on any atom is 0.161 e. The molecule has 1 heterocycles. The van der Waals surface area contributed by atoms with Crippen molar-refractivity contribution in [3.05, 3.63) is 90.1 Å². The van der Waals surface area contributed by atoms with E-state index in [4.69, 9.17) is 4.74 Å². The van der Waals surface area contributed by atoms with E-state index >= 15 is 0 Å². The number of aromatic nitrogens is 1. The van der Waals surface area contributed by atoms with E-state index in [0.717, 1.165) is 52.5 Å². The zero-order chi connectivity index (χ0) is 28.2. The summed E-state index contributed by atoms with van der Waals surface area (Å²) in [5.74, 6) is 0.813. The summed E-state index contributed by atoms with van der Waals surface area (Å²) >= 11 is 0. The number of nitrogens with one attached hydrogen (secondary N) is 2. The number of benzene rings is 3. The van der Waals surface area contributed by atoms with Crippen LogP contribution < -0.4 is 10.1 Å². The van der Waals surface area contributed by atoms with Crippen LogP contribution in [0.25, 0.3) is 22.0 Å². The van der Waals surface area contributed by atoms with Crippen molar-refractivity contribution in [2.45, 2.75) is 51.4 Å². The number of hydrogen-bond acceptors (Lipinski definition) is 5. The lowest BCUT2D eigenvalue weighted by Crippen LogP contribution is -2.06. The van der Waals surface area contributed by atoms with Crippen LogP contribution in [0.2, 0.25) is 0 Å². The molecule has 4 aromatic rings. The summed E-state index contributed by atoms with van der Waals surface area (Å²) in [5.41, 5.74) is 5.02. The quantitative estimate of drug-likeness (QED) is 0.0899. The second-order valence-electron chi connectivity index (χ2n) is 10.2. The molecule has 0 radical (unpaired) electrons. The number of ketones is 1. The second-order valence-corrected chi connectivity index (χ2v) is 10.2. The summed E-state index contributed by atoms with van der Waals surface area (Å²) in [6.07, 6.45) is 12.9. The average Bonchev–Trinajstić information content (AvgIpc) is 3.43. The van der Waals surface area contributed by atoms with Crippen molar-refractivity contribution in [3.8, 4) is 28.4 Å². The maximum atomic E-state index is 12.3. The zero-order valence-corrected chi connectivity index (χ0v) is 23.3. The molecule has 0 fully saturated rings. The van der Waals surface area contributed by atoms with E-state index in [2.05, 4.69) is 16.4 Å². The molecule has 6 heteroatoms. The molecule has 40 heavy (non-hydrogen) atoms. The topological polar surface area (TPSA) is 94.6 Å². The fourth-order valence-electron chi connectivity index (χ4n) is 4.86. The van der Waals surface area contributed by atoms with Gasteiger partial charge in [0.15, 0.2) is 17.3 Å². The van der Waals surface area contributed by atoms with Crippen molar-refractivity contribution in [2.75, 3.05) is 20.2 Å². The molecular formula is C34H40N2O4. The number of hydrogen-bond donors (Lipinski definition) is 4. The number of rotatable bonds is 16. The molecule has 0 spiro atoms. The number of carbonyl (C=O) groups is 1. The van der Waals surface area contributed by atoms with E-state index in [-0.39, 0.29) is 17.3 Å². The third-order valence-electron chi connectivity index (χ3n) is 7.12. The van der Waals surface area contributed by atoms with Crippen molar-refractivity contribution in [2.24, 2.45) is 0 Å².